The van der Waals surface area contributed by atoms with E-state index in [1.54, 1.807) is 36.4 Å². The molecule has 0 aliphatic rings. The molecule has 7 aromatic rings. The topological polar surface area (TPSA) is 330 Å². The number of benzene rings is 7. The Hall–Kier alpha value is -6.63. The summed E-state index contributed by atoms with van der Waals surface area (Å²) in [5, 5.41) is 45.8. The van der Waals surface area contributed by atoms with E-state index in [4.69, 9.17) is 34.7 Å². The number of phenols is 2. The normalized spacial score (nSPS) is 12.7. The summed E-state index contributed by atoms with van der Waals surface area (Å²) in [5.74, 6) is -1.50. The first-order valence-electron chi connectivity index (χ1n) is 17.1. The number of nitrogens with zero attached hydrogens (tertiary/aromatic N) is 6. The van der Waals surface area contributed by atoms with E-state index in [0.29, 0.717) is 16.8 Å². The minimum Gasteiger partial charge on any atom is -0.505 e. The Morgan fingerprint density at radius 1 is 0.484 bits per heavy atom. The van der Waals surface area contributed by atoms with Crippen molar-refractivity contribution < 1.29 is 49.1 Å². The Balaban J connectivity index is 1.20. The highest BCUT2D eigenvalue weighted by Gasteiger charge is 2.28. The zero-order chi connectivity index (χ0) is 44.9. The van der Waals surface area contributed by atoms with Crippen molar-refractivity contribution in [2.45, 2.75) is 14.7 Å². The maximum atomic E-state index is 12.5. The Morgan fingerprint density at radius 3 is 1.47 bits per heavy atom. The summed E-state index contributed by atoms with van der Waals surface area (Å²) in [7, 11) is -15.1. The number of rotatable bonds is 10. The predicted molar refractivity (Wildman–Crippen MR) is 230 cm³/mol. The molecule has 0 radical (unpaired) electrons. The molecule has 7 aromatic carbocycles. The van der Waals surface area contributed by atoms with Gasteiger partial charge in [-0.15, -0.1) is 20.5 Å². The number of hydrogen-bond donors (Lipinski definition) is 7. The second kappa shape index (κ2) is 16.3. The highest BCUT2D eigenvalue weighted by atomic mass is 35.5. The van der Waals surface area contributed by atoms with Gasteiger partial charge < -0.3 is 21.7 Å². The molecule has 0 heterocycles. The van der Waals surface area contributed by atoms with Crippen LogP contribution in [0.15, 0.2) is 149 Å². The van der Waals surface area contributed by atoms with Crippen molar-refractivity contribution in [2.75, 3.05) is 11.5 Å². The first-order chi connectivity index (χ1) is 29.1. The molecule has 0 bridgehead atoms. The Bertz CT molecular complexity index is 3450. The molecule has 0 spiro atoms. The van der Waals surface area contributed by atoms with Gasteiger partial charge in [0.25, 0.3) is 30.4 Å². The zero-order valence-corrected chi connectivity index (χ0v) is 34.8. The molecule has 0 aliphatic carbocycles. The Kier molecular flexibility index (Phi) is 11.4. The van der Waals surface area contributed by atoms with Gasteiger partial charge in [-0.3, -0.25) is 13.7 Å². The number of nitrogen functional groups attached to an aromatic ring is 2. The van der Waals surface area contributed by atoms with Crippen LogP contribution in [0.2, 0.25) is 10.0 Å². The molecule has 0 saturated carbocycles. The number of halogens is 2. The molecule has 7 rings (SSSR count). The van der Waals surface area contributed by atoms with E-state index >= 15 is 0 Å². The average Bonchev–Trinajstić information content (AvgIpc) is 3.19. The van der Waals surface area contributed by atoms with Crippen molar-refractivity contribution in [1.29, 1.82) is 0 Å². The van der Waals surface area contributed by atoms with Crippen LogP contribution in [0.5, 0.6) is 11.5 Å². The van der Waals surface area contributed by atoms with Gasteiger partial charge in [0.05, 0.1) is 27.5 Å². The van der Waals surface area contributed by atoms with Crippen LogP contribution in [0.4, 0.5) is 45.5 Å². The molecular formula is C38H26Cl2N8O11S3. The molecule has 0 atom stereocenters. The third-order valence-corrected chi connectivity index (χ3v) is 12.1. The minimum absolute atomic E-state index is 0.0177. The second-order valence-corrected chi connectivity index (χ2v) is 18.1. The maximum absolute atomic E-state index is 12.5. The quantitative estimate of drug-likeness (QED) is 0.0381. The van der Waals surface area contributed by atoms with Gasteiger partial charge in [-0.05, 0) is 101 Å². The van der Waals surface area contributed by atoms with Gasteiger partial charge in [0.1, 0.15) is 37.4 Å². The lowest BCUT2D eigenvalue weighted by atomic mass is 10.0. The SMILES string of the molecule is Nc1ccc2c(O)c(/N=N/c3ccc(-c4ccc(/N=N/c5c(S(=O)(=O)O)cc6cc(S(=O)(=O)O)c(/N=N/c7cc(Cl)ccc7Cl)c(N)c6c5O)cc4)cc3)c(S(=O)(=O)O)cc2c1. The molecule has 0 aliphatic heterocycles. The van der Waals surface area contributed by atoms with Crippen molar-refractivity contribution in [2.24, 2.45) is 30.7 Å². The van der Waals surface area contributed by atoms with Crippen molar-refractivity contribution in [1.82, 2.24) is 0 Å². The van der Waals surface area contributed by atoms with E-state index in [1.165, 1.54) is 48.5 Å². The maximum Gasteiger partial charge on any atom is 0.296 e. The highest BCUT2D eigenvalue weighted by Crippen LogP contribution is 2.49. The standard InChI is InChI=1S/C38H26Cl2N8O11S3/c39-22-5-12-27(40)28(17-22)45-46-34-29(60(51,52)53)15-21-16-31(62(57,58)59)36(38(50)32(21)33(34)42)48-44-25-9-3-19(4-10-25)18-1-7-24(8-2-18)43-47-35-30(61(54,55)56)14-20-13-23(41)6-11-26(20)37(35)49/h1-17,49-50H,41-42H2,(H,51,52,53)(H,54,55,56)(H,57,58,59)/b46-45+,47-43+,48-44+. The molecule has 0 saturated heterocycles. The van der Waals surface area contributed by atoms with E-state index in [2.05, 4.69) is 30.7 Å². The van der Waals surface area contributed by atoms with Gasteiger partial charge in [-0.2, -0.15) is 35.5 Å². The molecule has 0 aromatic heterocycles. The number of aromatic hydroxyl groups is 2. The first-order valence-corrected chi connectivity index (χ1v) is 22.2. The number of nitrogens with two attached hydrogens (primary N) is 2. The Morgan fingerprint density at radius 2 is 0.952 bits per heavy atom. The number of anilines is 2. The summed E-state index contributed by atoms with van der Waals surface area (Å²) >= 11 is 12.1. The minimum atomic E-state index is -5.17. The van der Waals surface area contributed by atoms with Gasteiger partial charge in [-0.25, -0.2) is 0 Å². The molecule has 0 amide bonds. The van der Waals surface area contributed by atoms with Gasteiger partial charge >= 0.3 is 0 Å². The van der Waals surface area contributed by atoms with Crippen LogP contribution in [0, 0.1) is 0 Å². The lowest BCUT2D eigenvalue weighted by Gasteiger charge is -2.14. The molecule has 0 fully saturated rings. The third kappa shape index (κ3) is 8.88. The van der Waals surface area contributed by atoms with Gasteiger partial charge in [0.2, 0.25) is 0 Å². The summed E-state index contributed by atoms with van der Waals surface area (Å²) in [6, 6.07) is 23.8. The fourth-order valence-corrected chi connectivity index (χ4v) is 8.40. The average molecular weight is 938 g/mol. The summed E-state index contributed by atoms with van der Waals surface area (Å²) in [4.78, 5) is -2.60. The number of phenolic OH excluding ortho intramolecular Hbond substituents is 2. The van der Waals surface area contributed by atoms with Crippen LogP contribution in [0.1, 0.15) is 0 Å². The van der Waals surface area contributed by atoms with Crippen LogP contribution in [-0.2, 0) is 30.4 Å². The number of azo groups is 3. The first kappa shape index (κ1) is 43.5. The smallest absolute Gasteiger partial charge is 0.296 e. The van der Waals surface area contributed by atoms with E-state index in [-0.39, 0.29) is 48.7 Å². The van der Waals surface area contributed by atoms with Crippen molar-refractivity contribution >= 4 is 121 Å². The number of hydrogen-bond acceptors (Lipinski definition) is 16. The largest absolute Gasteiger partial charge is 0.505 e. The number of fused-ring (bicyclic) bond motifs is 2. The van der Waals surface area contributed by atoms with E-state index in [9.17, 15) is 49.1 Å². The van der Waals surface area contributed by atoms with E-state index in [0.717, 1.165) is 18.2 Å². The predicted octanol–water partition coefficient (Wildman–Crippen LogP) is 10.5. The van der Waals surface area contributed by atoms with Crippen LogP contribution in [-0.4, -0.2) is 49.1 Å². The third-order valence-electron chi connectivity index (χ3n) is 8.99. The molecule has 62 heavy (non-hydrogen) atoms. The molecular weight excluding hydrogens is 912 g/mol. The van der Waals surface area contributed by atoms with Crippen molar-refractivity contribution in [3.8, 4) is 22.6 Å². The lowest BCUT2D eigenvalue weighted by molar-refractivity contribution is 0.471. The van der Waals surface area contributed by atoms with Crippen molar-refractivity contribution in [3.05, 3.63) is 113 Å². The van der Waals surface area contributed by atoms with Crippen LogP contribution in [0.25, 0.3) is 32.7 Å². The Labute approximate surface area is 360 Å². The summed E-state index contributed by atoms with van der Waals surface area (Å²) in [6.45, 7) is 0. The summed E-state index contributed by atoms with van der Waals surface area (Å²) in [6.07, 6.45) is 0. The highest BCUT2D eigenvalue weighted by molar-refractivity contribution is 7.86. The monoisotopic (exact) mass is 936 g/mol. The molecule has 9 N–H and O–H groups in total. The van der Waals surface area contributed by atoms with Crippen LogP contribution < -0.4 is 11.5 Å². The van der Waals surface area contributed by atoms with Crippen LogP contribution >= 0.6 is 23.2 Å². The molecule has 19 nitrogen and oxygen atoms in total. The van der Waals surface area contributed by atoms with Gasteiger partial charge in [0, 0.05) is 16.1 Å². The van der Waals surface area contributed by atoms with Gasteiger partial charge in [0.15, 0.2) is 11.5 Å². The van der Waals surface area contributed by atoms with E-state index in [1.807, 2.05) is 0 Å². The fraction of sp³-hybridized carbons (Fsp3) is 0. The second-order valence-electron chi connectivity index (χ2n) is 13.1. The molecule has 316 valence electrons. The summed E-state index contributed by atoms with van der Waals surface area (Å²) in [5.41, 5.74) is 11.5. The lowest BCUT2D eigenvalue weighted by Crippen LogP contribution is -2.03. The zero-order valence-electron chi connectivity index (χ0n) is 30.8. The van der Waals surface area contributed by atoms with Gasteiger partial charge in [-0.1, -0.05) is 47.5 Å². The van der Waals surface area contributed by atoms with Crippen LogP contribution in [0.3, 0.4) is 0 Å². The van der Waals surface area contributed by atoms with Crippen molar-refractivity contribution in [3.63, 3.8) is 0 Å². The van der Waals surface area contributed by atoms with E-state index < -0.39 is 79.3 Å². The molecule has 24 heteroatoms. The summed E-state index contributed by atoms with van der Waals surface area (Å²) < 4.78 is 104. The fourth-order valence-electron chi connectivity index (χ4n) is 6.09. The molecule has 0 unspecified atom stereocenters.